The first-order chi connectivity index (χ1) is 11.4. The van der Waals surface area contributed by atoms with E-state index in [4.69, 9.17) is 9.84 Å². The summed E-state index contributed by atoms with van der Waals surface area (Å²) >= 11 is 0. The summed E-state index contributed by atoms with van der Waals surface area (Å²) in [6.45, 7) is 7.39. The molecule has 2 N–H and O–H groups in total. The van der Waals surface area contributed by atoms with Gasteiger partial charge < -0.3 is 15.2 Å². The Morgan fingerprint density at radius 3 is 2.42 bits per heavy atom. The van der Waals surface area contributed by atoms with Crippen molar-refractivity contribution < 1.29 is 19.4 Å². The number of hydrogen-bond donors (Lipinski definition) is 2. The Bertz CT molecular complexity index is 437. The number of likely N-dealkylation sites (N-methyl/N-ethyl adjacent to an activating group) is 1. The molecule has 2 aliphatic carbocycles. The second kappa shape index (κ2) is 8.81. The van der Waals surface area contributed by atoms with Crippen LogP contribution in [-0.4, -0.2) is 59.8 Å². The standard InChI is InChI=1S/C18H32N2O4/c1-4-20(11-17(21)22)15-9-14(10-15)19-13-6-7-16(12(3)8-13)18(23)24-5-2/h12-16,19H,4-11H2,1-3H3,(H,21,22). The molecule has 3 unspecified atom stereocenters. The number of ether oxygens (including phenoxy) is 1. The van der Waals surface area contributed by atoms with Crippen molar-refractivity contribution in [3.05, 3.63) is 0 Å². The van der Waals surface area contributed by atoms with Crippen LogP contribution in [0.3, 0.4) is 0 Å². The minimum absolute atomic E-state index is 0.0422. The average molecular weight is 340 g/mol. The zero-order valence-corrected chi connectivity index (χ0v) is 15.2. The Balaban J connectivity index is 1.71. The van der Waals surface area contributed by atoms with E-state index in [1.54, 1.807) is 0 Å². The summed E-state index contributed by atoms with van der Waals surface area (Å²) in [5.41, 5.74) is 0. The maximum absolute atomic E-state index is 11.9. The highest BCUT2D eigenvalue weighted by Crippen LogP contribution is 2.33. The third-order valence-corrected chi connectivity index (χ3v) is 5.60. The van der Waals surface area contributed by atoms with Crippen molar-refractivity contribution >= 4 is 11.9 Å². The van der Waals surface area contributed by atoms with Crippen molar-refractivity contribution in [1.29, 1.82) is 0 Å². The average Bonchev–Trinajstić information content (AvgIpc) is 2.48. The summed E-state index contributed by atoms with van der Waals surface area (Å²) in [6, 6.07) is 1.33. The Morgan fingerprint density at radius 1 is 1.17 bits per heavy atom. The molecule has 0 spiro atoms. The van der Waals surface area contributed by atoms with Gasteiger partial charge in [0.25, 0.3) is 0 Å². The lowest BCUT2D eigenvalue weighted by Crippen LogP contribution is -2.56. The van der Waals surface area contributed by atoms with E-state index in [1.807, 2.05) is 18.7 Å². The van der Waals surface area contributed by atoms with E-state index in [9.17, 15) is 9.59 Å². The molecule has 2 fully saturated rings. The van der Waals surface area contributed by atoms with E-state index in [0.29, 0.717) is 30.7 Å². The molecule has 6 nitrogen and oxygen atoms in total. The van der Waals surface area contributed by atoms with Gasteiger partial charge in [0.2, 0.25) is 0 Å². The molecule has 0 bridgehead atoms. The lowest BCUT2D eigenvalue weighted by molar-refractivity contribution is -0.151. The topological polar surface area (TPSA) is 78.9 Å². The number of aliphatic carboxylic acids is 1. The molecule has 138 valence electrons. The lowest BCUT2D eigenvalue weighted by Gasteiger charge is -2.45. The van der Waals surface area contributed by atoms with Gasteiger partial charge >= 0.3 is 11.9 Å². The SMILES string of the molecule is CCOC(=O)C1CCC(NC2CC(N(CC)CC(=O)O)C2)CC1C. The van der Waals surface area contributed by atoms with Crippen molar-refractivity contribution in [1.82, 2.24) is 10.2 Å². The van der Waals surface area contributed by atoms with Crippen LogP contribution in [0.5, 0.6) is 0 Å². The normalized spacial score (nSPS) is 33.1. The molecular formula is C18H32N2O4. The maximum Gasteiger partial charge on any atom is 0.317 e. The van der Waals surface area contributed by atoms with E-state index in [2.05, 4.69) is 12.2 Å². The number of esters is 1. The van der Waals surface area contributed by atoms with Crippen molar-refractivity contribution in [2.45, 2.75) is 71.0 Å². The number of carboxylic acids is 1. The van der Waals surface area contributed by atoms with Gasteiger partial charge in [-0.1, -0.05) is 13.8 Å². The molecule has 0 aromatic heterocycles. The second-order valence-electron chi connectivity index (χ2n) is 7.29. The van der Waals surface area contributed by atoms with Gasteiger partial charge in [0.15, 0.2) is 0 Å². The van der Waals surface area contributed by atoms with Gasteiger partial charge in [-0.25, -0.2) is 0 Å². The monoisotopic (exact) mass is 340 g/mol. The number of carboxylic acid groups (broad SMARTS) is 1. The van der Waals surface area contributed by atoms with Gasteiger partial charge in [0.1, 0.15) is 0 Å². The second-order valence-corrected chi connectivity index (χ2v) is 7.29. The molecule has 2 aliphatic rings. The Labute approximate surface area is 144 Å². The Hall–Kier alpha value is -1.14. The molecule has 6 heteroatoms. The van der Waals surface area contributed by atoms with Crippen LogP contribution in [0.2, 0.25) is 0 Å². The summed E-state index contributed by atoms with van der Waals surface area (Å²) in [7, 11) is 0. The Morgan fingerprint density at radius 2 is 1.88 bits per heavy atom. The Kier molecular flexibility index (Phi) is 7.04. The molecule has 0 aromatic carbocycles. The molecule has 3 atom stereocenters. The first-order valence-electron chi connectivity index (χ1n) is 9.33. The third-order valence-electron chi connectivity index (χ3n) is 5.60. The van der Waals surface area contributed by atoms with Crippen molar-refractivity contribution in [2.75, 3.05) is 19.7 Å². The van der Waals surface area contributed by atoms with Gasteiger partial charge in [-0.2, -0.15) is 0 Å². The largest absolute Gasteiger partial charge is 0.480 e. The molecule has 0 radical (unpaired) electrons. The number of nitrogens with one attached hydrogen (secondary N) is 1. The van der Waals surface area contributed by atoms with Crippen LogP contribution >= 0.6 is 0 Å². The molecule has 0 heterocycles. The first kappa shape index (κ1) is 19.2. The minimum atomic E-state index is -0.751. The summed E-state index contributed by atoms with van der Waals surface area (Å²) in [4.78, 5) is 24.9. The number of hydrogen-bond acceptors (Lipinski definition) is 5. The highest BCUT2D eigenvalue weighted by molar-refractivity contribution is 5.72. The van der Waals surface area contributed by atoms with Crippen LogP contribution in [-0.2, 0) is 14.3 Å². The fourth-order valence-corrected chi connectivity index (χ4v) is 4.18. The van der Waals surface area contributed by atoms with Crippen molar-refractivity contribution in [3.8, 4) is 0 Å². The lowest BCUT2D eigenvalue weighted by atomic mass is 9.76. The van der Waals surface area contributed by atoms with Crippen LogP contribution in [0.25, 0.3) is 0 Å². The first-order valence-corrected chi connectivity index (χ1v) is 9.33. The predicted octanol–water partition coefficient (Wildman–Crippen LogP) is 1.88. The highest BCUT2D eigenvalue weighted by atomic mass is 16.5. The number of nitrogens with zero attached hydrogens (tertiary/aromatic N) is 1. The van der Waals surface area contributed by atoms with Crippen molar-refractivity contribution in [2.24, 2.45) is 11.8 Å². The molecule has 24 heavy (non-hydrogen) atoms. The highest BCUT2D eigenvalue weighted by Gasteiger charge is 2.38. The number of carbonyl (C=O) groups excluding carboxylic acids is 1. The maximum atomic E-state index is 11.9. The van der Waals surface area contributed by atoms with Crippen molar-refractivity contribution in [3.63, 3.8) is 0 Å². The molecule has 0 amide bonds. The molecule has 2 rings (SSSR count). The van der Waals surface area contributed by atoms with E-state index in [-0.39, 0.29) is 18.4 Å². The van der Waals surface area contributed by atoms with Gasteiger partial charge in [-0.3, -0.25) is 14.5 Å². The molecule has 0 aliphatic heterocycles. The number of rotatable bonds is 8. The summed E-state index contributed by atoms with van der Waals surface area (Å²) in [5, 5.41) is 12.7. The van der Waals surface area contributed by atoms with Gasteiger partial charge in [0.05, 0.1) is 19.1 Å². The molecule has 2 saturated carbocycles. The zero-order chi connectivity index (χ0) is 17.7. The van der Waals surface area contributed by atoms with Gasteiger partial charge in [-0.15, -0.1) is 0 Å². The summed E-state index contributed by atoms with van der Waals surface area (Å²) in [5.74, 6) is -0.396. The van der Waals surface area contributed by atoms with E-state index >= 15 is 0 Å². The van der Waals surface area contributed by atoms with Crippen LogP contribution in [0, 0.1) is 11.8 Å². The third kappa shape index (κ3) is 4.93. The zero-order valence-electron chi connectivity index (χ0n) is 15.2. The summed E-state index contributed by atoms with van der Waals surface area (Å²) in [6.07, 6.45) is 4.97. The summed E-state index contributed by atoms with van der Waals surface area (Å²) < 4.78 is 5.17. The van der Waals surface area contributed by atoms with E-state index < -0.39 is 5.97 Å². The fraction of sp³-hybridized carbons (Fsp3) is 0.889. The fourth-order valence-electron chi connectivity index (χ4n) is 4.18. The molecule has 0 aromatic rings. The van der Waals surface area contributed by atoms with E-state index in [0.717, 1.165) is 38.6 Å². The van der Waals surface area contributed by atoms with E-state index in [1.165, 1.54) is 0 Å². The van der Waals surface area contributed by atoms with Gasteiger partial charge in [-0.05, 0) is 51.5 Å². The molecule has 0 saturated heterocycles. The van der Waals surface area contributed by atoms with Crippen LogP contribution in [0.4, 0.5) is 0 Å². The minimum Gasteiger partial charge on any atom is -0.480 e. The quantitative estimate of drug-likeness (QED) is 0.657. The van der Waals surface area contributed by atoms with Crippen LogP contribution in [0.15, 0.2) is 0 Å². The van der Waals surface area contributed by atoms with Crippen LogP contribution in [0.1, 0.15) is 52.9 Å². The van der Waals surface area contributed by atoms with Gasteiger partial charge in [0, 0.05) is 18.1 Å². The predicted molar refractivity (Wildman–Crippen MR) is 91.8 cm³/mol. The number of carbonyl (C=O) groups is 2. The smallest absolute Gasteiger partial charge is 0.317 e. The molecular weight excluding hydrogens is 308 g/mol. The van der Waals surface area contributed by atoms with Crippen LogP contribution < -0.4 is 5.32 Å².